The van der Waals surface area contributed by atoms with Gasteiger partial charge in [-0.05, 0) is 43.5 Å². The molecule has 2 N–H and O–H groups in total. The highest BCUT2D eigenvalue weighted by atomic mass is 16.3. The zero-order valence-electron chi connectivity index (χ0n) is 11.9. The van der Waals surface area contributed by atoms with Crippen molar-refractivity contribution in [3.05, 3.63) is 65.5 Å². The number of aliphatic hydroxyl groups excluding tert-OH is 1. The third kappa shape index (κ3) is 4.76. The first-order chi connectivity index (χ1) is 9.75. The van der Waals surface area contributed by atoms with Crippen LogP contribution in [0.2, 0.25) is 0 Å². The molecule has 20 heavy (non-hydrogen) atoms. The second kappa shape index (κ2) is 7.78. The van der Waals surface area contributed by atoms with E-state index in [9.17, 15) is 5.11 Å². The molecule has 0 saturated carbocycles. The fourth-order valence-electron chi connectivity index (χ4n) is 2.09. The van der Waals surface area contributed by atoms with Crippen LogP contribution in [0, 0.1) is 6.92 Å². The van der Waals surface area contributed by atoms with Crippen molar-refractivity contribution in [1.29, 1.82) is 0 Å². The maximum Gasteiger partial charge on any atom is 0.0880 e. The summed E-state index contributed by atoms with van der Waals surface area (Å²) in [4.78, 5) is 4.28. The summed E-state index contributed by atoms with van der Waals surface area (Å²) in [5.74, 6) is 0. The maximum absolute atomic E-state index is 10.1. The molecule has 0 amide bonds. The number of allylic oxidation sites excluding steroid dienone is 5. The van der Waals surface area contributed by atoms with Crippen molar-refractivity contribution in [2.45, 2.75) is 25.9 Å². The van der Waals surface area contributed by atoms with Crippen molar-refractivity contribution in [3.8, 4) is 0 Å². The van der Waals surface area contributed by atoms with Gasteiger partial charge in [0.05, 0.1) is 6.10 Å². The number of pyridine rings is 1. The second-order valence-electron chi connectivity index (χ2n) is 5.04. The van der Waals surface area contributed by atoms with Gasteiger partial charge in [0.25, 0.3) is 0 Å². The smallest absolute Gasteiger partial charge is 0.0880 e. The highest BCUT2D eigenvalue weighted by molar-refractivity contribution is 5.25. The first-order valence-electron chi connectivity index (χ1n) is 7.08. The minimum atomic E-state index is -0.418. The number of hydrogen-bond donors (Lipinski definition) is 2. The van der Waals surface area contributed by atoms with Gasteiger partial charge in [-0.3, -0.25) is 4.98 Å². The summed E-state index contributed by atoms with van der Waals surface area (Å²) in [7, 11) is 0. The Kier molecular flexibility index (Phi) is 5.71. The molecule has 0 bridgehead atoms. The molecule has 3 nitrogen and oxygen atoms in total. The van der Waals surface area contributed by atoms with Crippen LogP contribution in [0.3, 0.4) is 0 Å². The normalized spacial score (nSPS) is 15.8. The summed E-state index contributed by atoms with van der Waals surface area (Å²) in [6.07, 6.45) is 13.3. The first-order valence-corrected chi connectivity index (χ1v) is 7.08. The fourth-order valence-corrected chi connectivity index (χ4v) is 2.09. The zero-order chi connectivity index (χ0) is 14.2. The topological polar surface area (TPSA) is 45.1 Å². The van der Waals surface area contributed by atoms with Gasteiger partial charge in [-0.2, -0.15) is 0 Å². The van der Waals surface area contributed by atoms with Crippen molar-refractivity contribution in [3.63, 3.8) is 0 Å². The molecule has 106 valence electrons. The number of aromatic nitrogens is 1. The van der Waals surface area contributed by atoms with Crippen molar-refractivity contribution in [1.82, 2.24) is 10.3 Å². The number of aliphatic hydroxyl groups is 1. The molecule has 1 unspecified atom stereocenters. The molecule has 0 spiro atoms. The molecule has 0 radical (unpaired) electrons. The van der Waals surface area contributed by atoms with Crippen LogP contribution >= 0.6 is 0 Å². The predicted molar refractivity (Wildman–Crippen MR) is 82.5 cm³/mol. The summed E-state index contributed by atoms with van der Waals surface area (Å²) in [5.41, 5.74) is 3.31. The molecular formula is C17H22N2O. The largest absolute Gasteiger partial charge is 0.387 e. The summed E-state index contributed by atoms with van der Waals surface area (Å²) in [5, 5.41) is 13.4. The van der Waals surface area contributed by atoms with Gasteiger partial charge in [-0.15, -0.1) is 0 Å². The van der Waals surface area contributed by atoms with E-state index >= 15 is 0 Å². The van der Waals surface area contributed by atoms with Crippen LogP contribution in [0.15, 0.2) is 54.3 Å². The van der Waals surface area contributed by atoms with E-state index in [0.717, 1.165) is 30.7 Å². The Morgan fingerprint density at radius 1 is 1.30 bits per heavy atom. The monoisotopic (exact) mass is 270 g/mol. The average molecular weight is 270 g/mol. The van der Waals surface area contributed by atoms with Crippen molar-refractivity contribution >= 4 is 0 Å². The van der Waals surface area contributed by atoms with Crippen LogP contribution in [0.4, 0.5) is 0 Å². The molecule has 0 fully saturated rings. The Balaban J connectivity index is 1.70. The van der Waals surface area contributed by atoms with Gasteiger partial charge in [0.2, 0.25) is 0 Å². The van der Waals surface area contributed by atoms with E-state index < -0.39 is 6.10 Å². The molecule has 1 aromatic heterocycles. The van der Waals surface area contributed by atoms with Crippen LogP contribution in [0.1, 0.15) is 17.7 Å². The Hall–Kier alpha value is -1.71. The molecule has 0 saturated heterocycles. The molecule has 2 rings (SSSR count). The lowest BCUT2D eigenvalue weighted by molar-refractivity contribution is 0.205. The fraction of sp³-hybridized carbons (Fsp3) is 0.353. The molecule has 0 aliphatic heterocycles. The van der Waals surface area contributed by atoms with Gasteiger partial charge in [0.1, 0.15) is 0 Å². The first kappa shape index (κ1) is 14.7. The summed E-state index contributed by atoms with van der Waals surface area (Å²) >= 11 is 0. The van der Waals surface area contributed by atoms with Gasteiger partial charge in [-0.1, -0.05) is 36.4 Å². The van der Waals surface area contributed by atoms with E-state index in [2.05, 4.69) is 22.4 Å². The van der Waals surface area contributed by atoms with E-state index in [0.29, 0.717) is 6.54 Å². The lowest BCUT2D eigenvalue weighted by Crippen LogP contribution is -2.29. The lowest BCUT2D eigenvalue weighted by atomic mass is 10.1. The summed E-state index contributed by atoms with van der Waals surface area (Å²) < 4.78 is 0. The number of aryl methyl sites for hydroxylation is 1. The van der Waals surface area contributed by atoms with Gasteiger partial charge in [0.15, 0.2) is 0 Å². The van der Waals surface area contributed by atoms with Crippen LogP contribution in [0.5, 0.6) is 0 Å². The lowest BCUT2D eigenvalue weighted by Gasteiger charge is -2.14. The molecule has 1 aliphatic carbocycles. The van der Waals surface area contributed by atoms with Gasteiger partial charge in [-0.25, -0.2) is 0 Å². The Labute approximate surface area is 120 Å². The molecule has 0 aromatic carbocycles. The highest BCUT2D eigenvalue weighted by Gasteiger charge is 2.09. The molecule has 1 aromatic rings. The predicted octanol–water partition coefficient (Wildman–Crippen LogP) is 2.33. The number of nitrogens with zero attached hydrogens (tertiary/aromatic N) is 1. The third-order valence-corrected chi connectivity index (χ3v) is 3.35. The minimum absolute atomic E-state index is 0.418. The van der Waals surface area contributed by atoms with Crippen LogP contribution in [-0.4, -0.2) is 29.3 Å². The SMILES string of the molecule is Cc1ccc(CCNCC(O)C2=CC=CC=CC2)cn1. The Morgan fingerprint density at radius 2 is 2.20 bits per heavy atom. The van der Waals surface area contributed by atoms with E-state index in [-0.39, 0.29) is 0 Å². The van der Waals surface area contributed by atoms with Crippen LogP contribution in [-0.2, 0) is 6.42 Å². The molecule has 1 atom stereocenters. The summed E-state index contributed by atoms with van der Waals surface area (Å²) in [6.45, 7) is 3.43. The van der Waals surface area contributed by atoms with Gasteiger partial charge >= 0.3 is 0 Å². The second-order valence-corrected chi connectivity index (χ2v) is 5.04. The van der Waals surface area contributed by atoms with E-state index in [1.54, 1.807) is 0 Å². The third-order valence-electron chi connectivity index (χ3n) is 3.35. The van der Waals surface area contributed by atoms with Gasteiger partial charge < -0.3 is 10.4 Å². The van der Waals surface area contributed by atoms with Gasteiger partial charge in [0, 0.05) is 18.4 Å². The Bertz CT molecular complexity index is 500. The zero-order valence-corrected chi connectivity index (χ0v) is 11.9. The van der Waals surface area contributed by atoms with E-state index in [1.165, 1.54) is 5.56 Å². The highest BCUT2D eigenvalue weighted by Crippen LogP contribution is 2.11. The maximum atomic E-state index is 10.1. The van der Waals surface area contributed by atoms with E-state index in [1.807, 2.05) is 43.5 Å². The van der Waals surface area contributed by atoms with Crippen molar-refractivity contribution in [2.24, 2.45) is 0 Å². The average Bonchev–Trinajstić information content (AvgIpc) is 2.74. The van der Waals surface area contributed by atoms with Crippen molar-refractivity contribution in [2.75, 3.05) is 13.1 Å². The molecule has 1 heterocycles. The standard InChI is InChI=1S/C17H22N2O/c1-14-8-9-15(12-19-14)10-11-18-13-17(20)16-6-4-2-3-5-7-16/h2-6,8-9,12,17-18,20H,7,10-11,13H2,1H3. The van der Waals surface area contributed by atoms with E-state index in [4.69, 9.17) is 0 Å². The summed E-state index contributed by atoms with van der Waals surface area (Å²) in [6, 6.07) is 4.13. The molecular weight excluding hydrogens is 248 g/mol. The van der Waals surface area contributed by atoms with Crippen molar-refractivity contribution < 1.29 is 5.11 Å². The molecule has 3 heteroatoms. The molecule has 1 aliphatic rings. The number of nitrogens with one attached hydrogen (secondary N) is 1. The number of rotatable bonds is 6. The van der Waals surface area contributed by atoms with Crippen LogP contribution < -0.4 is 5.32 Å². The Morgan fingerprint density at radius 3 is 3.00 bits per heavy atom. The number of hydrogen-bond acceptors (Lipinski definition) is 3. The minimum Gasteiger partial charge on any atom is -0.387 e. The van der Waals surface area contributed by atoms with Crippen LogP contribution in [0.25, 0.3) is 0 Å². The quantitative estimate of drug-likeness (QED) is 0.780.